The van der Waals surface area contributed by atoms with Gasteiger partial charge in [0.05, 0.1) is 12.5 Å². The molecule has 3 heterocycles. The van der Waals surface area contributed by atoms with E-state index in [1.54, 1.807) is 4.31 Å². The Hall–Kier alpha value is -0.920. The van der Waals surface area contributed by atoms with Gasteiger partial charge in [0.2, 0.25) is 0 Å². The first kappa shape index (κ1) is 12.1. The lowest BCUT2D eigenvalue weighted by atomic mass is 10.1. The number of sulfonamides is 1. The van der Waals surface area contributed by atoms with Crippen LogP contribution in [0.25, 0.3) is 0 Å². The highest BCUT2D eigenvalue weighted by Gasteiger charge is 2.40. The van der Waals surface area contributed by atoms with Crippen molar-refractivity contribution in [1.82, 2.24) is 19.2 Å². The van der Waals surface area contributed by atoms with Gasteiger partial charge in [-0.3, -0.25) is 4.90 Å². The summed E-state index contributed by atoms with van der Waals surface area (Å²) >= 11 is 0. The van der Waals surface area contributed by atoms with Crippen LogP contribution in [0.2, 0.25) is 0 Å². The quantitative estimate of drug-likeness (QED) is 0.837. The van der Waals surface area contributed by atoms with Crippen LogP contribution in [-0.2, 0) is 10.0 Å². The van der Waals surface area contributed by atoms with Crippen LogP contribution in [0.3, 0.4) is 0 Å². The van der Waals surface area contributed by atoms with Crippen molar-refractivity contribution in [3.8, 4) is 0 Å². The van der Waals surface area contributed by atoms with Crippen LogP contribution >= 0.6 is 0 Å². The van der Waals surface area contributed by atoms with Crippen molar-refractivity contribution in [3.05, 3.63) is 12.5 Å². The van der Waals surface area contributed by atoms with Crippen molar-refractivity contribution >= 4 is 10.0 Å². The highest BCUT2D eigenvalue weighted by Crippen LogP contribution is 2.28. The predicted molar refractivity (Wildman–Crippen MR) is 66.5 cm³/mol. The SMILES string of the molecule is CC1CN2CCCC2CN1S(=O)(=O)c1cnc[nH]1. The predicted octanol–water partition coefficient (Wildman–Crippen LogP) is 0.267. The summed E-state index contributed by atoms with van der Waals surface area (Å²) in [6.07, 6.45) is 5.06. The second kappa shape index (κ2) is 4.32. The average molecular weight is 270 g/mol. The highest BCUT2D eigenvalue weighted by molar-refractivity contribution is 7.89. The molecule has 0 aromatic carbocycles. The lowest BCUT2D eigenvalue weighted by Gasteiger charge is -2.40. The Kier molecular flexibility index (Phi) is 2.91. The molecule has 0 radical (unpaired) electrons. The number of hydrogen-bond acceptors (Lipinski definition) is 4. The molecule has 2 saturated heterocycles. The van der Waals surface area contributed by atoms with Gasteiger partial charge in [-0.25, -0.2) is 13.4 Å². The third kappa shape index (κ3) is 1.86. The van der Waals surface area contributed by atoms with Gasteiger partial charge in [0.1, 0.15) is 0 Å². The number of fused-ring (bicyclic) bond motifs is 1. The molecule has 18 heavy (non-hydrogen) atoms. The van der Waals surface area contributed by atoms with Gasteiger partial charge in [0.15, 0.2) is 5.03 Å². The van der Waals surface area contributed by atoms with Crippen molar-refractivity contribution < 1.29 is 8.42 Å². The van der Waals surface area contributed by atoms with E-state index in [2.05, 4.69) is 14.9 Å². The summed E-state index contributed by atoms with van der Waals surface area (Å²) < 4.78 is 26.6. The van der Waals surface area contributed by atoms with Crippen LogP contribution in [0.5, 0.6) is 0 Å². The lowest BCUT2D eigenvalue weighted by molar-refractivity contribution is 0.117. The van der Waals surface area contributed by atoms with Gasteiger partial charge in [-0.15, -0.1) is 0 Å². The third-order valence-electron chi connectivity index (χ3n) is 3.94. The normalized spacial score (nSPS) is 30.5. The van der Waals surface area contributed by atoms with E-state index in [1.807, 2.05) is 6.92 Å². The van der Waals surface area contributed by atoms with E-state index in [-0.39, 0.29) is 11.1 Å². The number of nitrogens with one attached hydrogen (secondary N) is 1. The molecule has 2 aliphatic heterocycles. The molecule has 2 unspecified atom stereocenters. The average Bonchev–Trinajstić information content (AvgIpc) is 2.98. The molecule has 2 aliphatic rings. The zero-order chi connectivity index (χ0) is 12.8. The Balaban J connectivity index is 1.88. The topological polar surface area (TPSA) is 69.3 Å². The molecule has 2 atom stereocenters. The summed E-state index contributed by atoms with van der Waals surface area (Å²) in [5.74, 6) is 0. The standard InChI is InChI=1S/C11H18N4O2S/c1-9-6-14-4-2-3-10(14)7-15(9)18(16,17)11-5-12-8-13-11/h5,8-10H,2-4,6-7H2,1H3,(H,12,13). The second-order valence-electron chi connectivity index (χ2n) is 5.13. The van der Waals surface area contributed by atoms with Crippen molar-refractivity contribution in [2.75, 3.05) is 19.6 Å². The maximum Gasteiger partial charge on any atom is 0.260 e. The summed E-state index contributed by atoms with van der Waals surface area (Å²) in [5, 5.41) is 0.195. The van der Waals surface area contributed by atoms with E-state index < -0.39 is 10.0 Å². The summed E-state index contributed by atoms with van der Waals surface area (Å²) in [4.78, 5) is 8.91. The van der Waals surface area contributed by atoms with E-state index in [4.69, 9.17) is 0 Å². The number of H-pyrrole nitrogens is 1. The van der Waals surface area contributed by atoms with Gasteiger partial charge in [-0.05, 0) is 26.3 Å². The fourth-order valence-electron chi connectivity index (χ4n) is 3.01. The maximum atomic E-state index is 12.5. The molecule has 1 N–H and O–H groups in total. The van der Waals surface area contributed by atoms with Gasteiger partial charge < -0.3 is 4.98 Å². The first-order valence-electron chi connectivity index (χ1n) is 6.33. The van der Waals surface area contributed by atoms with E-state index in [0.717, 1.165) is 19.5 Å². The Morgan fingerprint density at radius 3 is 3.00 bits per heavy atom. The van der Waals surface area contributed by atoms with E-state index >= 15 is 0 Å². The van der Waals surface area contributed by atoms with Gasteiger partial charge in [-0.2, -0.15) is 4.31 Å². The molecule has 0 amide bonds. The number of aromatic nitrogens is 2. The number of hydrogen-bond donors (Lipinski definition) is 1. The molecule has 0 bridgehead atoms. The minimum atomic E-state index is -3.42. The Labute approximate surface area is 107 Å². The number of aromatic amines is 1. The largest absolute Gasteiger partial charge is 0.335 e. The molecule has 2 fully saturated rings. The molecular weight excluding hydrogens is 252 g/mol. The van der Waals surface area contributed by atoms with E-state index in [0.29, 0.717) is 12.6 Å². The van der Waals surface area contributed by atoms with Crippen LogP contribution in [0.1, 0.15) is 19.8 Å². The molecule has 0 spiro atoms. The smallest absolute Gasteiger partial charge is 0.260 e. The fourth-order valence-corrected chi connectivity index (χ4v) is 4.56. The van der Waals surface area contributed by atoms with Crippen molar-refractivity contribution in [1.29, 1.82) is 0 Å². The first-order valence-corrected chi connectivity index (χ1v) is 7.77. The Morgan fingerprint density at radius 1 is 1.44 bits per heavy atom. The van der Waals surface area contributed by atoms with Crippen LogP contribution in [0, 0.1) is 0 Å². The minimum absolute atomic E-state index is 0.0210. The van der Waals surface area contributed by atoms with Gasteiger partial charge in [-0.1, -0.05) is 0 Å². The fraction of sp³-hybridized carbons (Fsp3) is 0.727. The molecule has 7 heteroatoms. The molecule has 6 nitrogen and oxygen atoms in total. The van der Waals surface area contributed by atoms with Gasteiger partial charge in [0, 0.05) is 25.2 Å². The zero-order valence-electron chi connectivity index (χ0n) is 10.4. The van der Waals surface area contributed by atoms with Crippen molar-refractivity contribution in [2.45, 2.75) is 36.9 Å². The number of rotatable bonds is 2. The maximum absolute atomic E-state index is 12.5. The summed E-state index contributed by atoms with van der Waals surface area (Å²) in [6.45, 7) is 4.51. The minimum Gasteiger partial charge on any atom is -0.335 e. The summed E-state index contributed by atoms with van der Waals surface area (Å²) in [5.41, 5.74) is 0. The van der Waals surface area contributed by atoms with Crippen LogP contribution in [0.4, 0.5) is 0 Å². The molecule has 3 rings (SSSR count). The van der Waals surface area contributed by atoms with Crippen LogP contribution in [0.15, 0.2) is 17.6 Å². The molecular formula is C11H18N4O2S. The number of piperazine rings is 1. The van der Waals surface area contributed by atoms with E-state index in [9.17, 15) is 8.42 Å². The molecule has 100 valence electrons. The van der Waals surface area contributed by atoms with Gasteiger partial charge in [0.25, 0.3) is 10.0 Å². The molecule has 1 aromatic rings. The molecule has 0 aliphatic carbocycles. The van der Waals surface area contributed by atoms with E-state index in [1.165, 1.54) is 18.9 Å². The van der Waals surface area contributed by atoms with Crippen LogP contribution < -0.4 is 0 Å². The third-order valence-corrected chi connectivity index (χ3v) is 5.85. The Morgan fingerprint density at radius 2 is 2.28 bits per heavy atom. The first-order chi connectivity index (χ1) is 8.59. The number of nitrogens with zero attached hydrogens (tertiary/aromatic N) is 3. The zero-order valence-corrected chi connectivity index (χ0v) is 11.2. The van der Waals surface area contributed by atoms with Crippen molar-refractivity contribution in [2.24, 2.45) is 0 Å². The highest BCUT2D eigenvalue weighted by atomic mass is 32.2. The molecule has 1 aromatic heterocycles. The summed E-state index contributed by atoms with van der Waals surface area (Å²) in [6, 6.07) is 0.409. The molecule has 0 saturated carbocycles. The Bertz CT molecular complexity index is 513. The summed E-state index contributed by atoms with van der Waals surface area (Å²) in [7, 11) is -3.42. The number of imidazole rings is 1. The second-order valence-corrected chi connectivity index (χ2v) is 6.99. The van der Waals surface area contributed by atoms with Gasteiger partial charge >= 0.3 is 0 Å². The van der Waals surface area contributed by atoms with Crippen molar-refractivity contribution in [3.63, 3.8) is 0 Å². The van der Waals surface area contributed by atoms with Crippen LogP contribution in [-0.4, -0.2) is 59.3 Å². The lowest BCUT2D eigenvalue weighted by Crippen LogP contribution is -2.56. The monoisotopic (exact) mass is 270 g/mol.